The van der Waals surface area contributed by atoms with Gasteiger partial charge in [-0.1, -0.05) is 12.2 Å². The molecular formula is C10H19NO. The van der Waals surface area contributed by atoms with Crippen molar-refractivity contribution in [2.75, 3.05) is 13.1 Å². The van der Waals surface area contributed by atoms with Crippen molar-refractivity contribution in [2.45, 2.75) is 38.8 Å². The zero-order valence-electron chi connectivity index (χ0n) is 8.03. The Labute approximate surface area is 74.9 Å². The summed E-state index contributed by atoms with van der Waals surface area (Å²) < 4.78 is 0. The third kappa shape index (κ3) is 2.61. The number of allylic oxidation sites excluding steroid dienone is 1. The van der Waals surface area contributed by atoms with Gasteiger partial charge in [0.25, 0.3) is 0 Å². The van der Waals surface area contributed by atoms with E-state index in [0.29, 0.717) is 6.04 Å². The number of piperidine rings is 1. The predicted molar refractivity (Wildman–Crippen MR) is 51.1 cm³/mol. The molecule has 1 aliphatic rings. The van der Waals surface area contributed by atoms with E-state index in [0.717, 1.165) is 25.9 Å². The van der Waals surface area contributed by atoms with Gasteiger partial charge in [-0.25, -0.2) is 0 Å². The predicted octanol–water partition coefficient (Wildman–Crippen LogP) is 1.41. The Morgan fingerprint density at radius 2 is 2.25 bits per heavy atom. The highest BCUT2D eigenvalue weighted by Gasteiger charge is 2.22. The molecule has 0 aromatic heterocycles. The molecule has 2 unspecified atom stereocenters. The number of likely N-dealkylation sites (tertiary alicyclic amines) is 1. The SMILES string of the molecule is C/C=C/CN1CC(O)CCC1C. The summed E-state index contributed by atoms with van der Waals surface area (Å²) in [5, 5.41) is 9.43. The summed E-state index contributed by atoms with van der Waals surface area (Å²) in [5.74, 6) is 0. The van der Waals surface area contributed by atoms with Crippen LogP contribution in [0.4, 0.5) is 0 Å². The zero-order valence-corrected chi connectivity index (χ0v) is 8.03. The number of aliphatic hydroxyl groups is 1. The smallest absolute Gasteiger partial charge is 0.0667 e. The van der Waals surface area contributed by atoms with E-state index in [9.17, 15) is 5.11 Å². The Kier molecular flexibility index (Phi) is 3.76. The molecule has 0 bridgehead atoms. The van der Waals surface area contributed by atoms with Gasteiger partial charge in [-0.15, -0.1) is 0 Å². The molecule has 0 spiro atoms. The standard InChI is InChI=1S/C10H19NO/c1-3-4-7-11-8-10(12)6-5-9(11)2/h3-4,9-10,12H,5-8H2,1-2H3/b4-3+. The van der Waals surface area contributed by atoms with E-state index in [1.54, 1.807) is 0 Å². The molecule has 0 saturated carbocycles. The monoisotopic (exact) mass is 169 g/mol. The van der Waals surface area contributed by atoms with E-state index in [-0.39, 0.29) is 6.10 Å². The van der Waals surface area contributed by atoms with Crippen LogP contribution in [0.3, 0.4) is 0 Å². The first-order valence-corrected chi connectivity index (χ1v) is 4.77. The summed E-state index contributed by atoms with van der Waals surface area (Å²) in [5.41, 5.74) is 0. The van der Waals surface area contributed by atoms with Gasteiger partial charge in [-0.3, -0.25) is 4.90 Å². The molecule has 70 valence electrons. The van der Waals surface area contributed by atoms with Crippen LogP contribution in [0.5, 0.6) is 0 Å². The van der Waals surface area contributed by atoms with Crippen molar-refractivity contribution in [3.63, 3.8) is 0 Å². The van der Waals surface area contributed by atoms with Crippen LogP contribution in [-0.2, 0) is 0 Å². The van der Waals surface area contributed by atoms with Crippen LogP contribution < -0.4 is 0 Å². The molecule has 0 radical (unpaired) electrons. The van der Waals surface area contributed by atoms with Crippen molar-refractivity contribution in [3.8, 4) is 0 Å². The second kappa shape index (κ2) is 4.63. The lowest BCUT2D eigenvalue weighted by Crippen LogP contribution is -2.43. The van der Waals surface area contributed by atoms with E-state index in [2.05, 4.69) is 24.0 Å². The number of hydrogen-bond acceptors (Lipinski definition) is 2. The van der Waals surface area contributed by atoms with Crippen LogP contribution in [0.2, 0.25) is 0 Å². The van der Waals surface area contributed by atoms with E-state index in [1.165, 1.54) is 0 Å². The van der Waals surface area contributed by atoms with Crippen molar-refractivity contribution in [3.05, 3.63) is 12.2 Å². The maximum absolute atomic E-state index is 9.43. The van der Waals surface area contributed by atoms with E-state index < -0.39 is 0 Å². The molecule has 2 nitrogen and oxygen atoms in total. The molecule has 1 aliphatic heterocycles. The number of β-amino-alcohol motifs (C(OH)–C–C–N with tert-alkyl or cyclic N) is 1. The van der Waals surface area contributed by atoms with Crippen molar-refractivity contribution in [1.82, 2.24) is 4.90 Å². The second-order valence-corrected chi connectivity index (χ2v) is 3.60. The van der Waals surface area contributed by atoms with E-state index >= 15 is 0 Å². The molecule has 12 heavy (non-hydrogen) atoms. The number of nitrogens with zero attached hydrogens (tertiary/aromatic N) is 1. The van der Waals surface area contributed by atoms with E-state index in [4.69, 9.17) is 0 Å². The van der Waals surface area contributed by atoms with Gasteiger partial charge in [0.15, 0.2) is 0 Å². The van der Waals surface area contributed by atoms with Gasteiger partial charge in [0.2, 0.25) is 0 Å². The van der Waals surface area contributed by atoms with Crippen LogP contribution in [0, 0.1) is 0 Å². The minimum atomic E-state index is -0.105. The summed E-state index contributed by atoms with van der Waals surface area (Å²) >= 11 is 0. The summed E-state index contributed by atoms with van der Waals surface area (Å²) in [4.78, 5) is 2.33. The molecule has 1 heterocycles. The van der Waals surface area contributed by atoms with Crippen LogP contribution in [0.1, 0.15) is 26.7 Å². The lowest BCUT2D eigenvalue weighted by molar-refractivity contribution is 0.0481. The summed E-state index contributed by atoms with van der Waals surface area (Å²) in [7, 11) is 0. The average Bonchev–Trinajstić information content (AvgIpc) is 2.07. The lowest BCUT2D eigenvalue weighted by Gasteiger charge is -2.35. The highest BCUT2D eigenvalue weighted by Crippen LogP contribution is 2.16. The second-order valence-electron chi connectivity index (χ2n) is 3.60. The fourth-order valence-electron chi connectivity index (χ4n) is 1.65. The first kappa shape index (κ1) is 9.75. The van der Waals surface area contributed by atoms with Gasteiger partial charge in [0.1, 0.15) is 0 Å². The first-order valence-electron chi connectivity index (χ1n) is 4.77. The quantitative estimate of drug-likeness (QED) is 0.632. The van der Waals surface area contributed by atoms with Crippen LogP contribution >= 0.6 is 0 Å². The summed E-state index contributed by atoms with van der Waals surface area (Å²) in [6.45, 7) is 6.08. The van der Waals surface area contributed by atoms with Crippen LogP contribution in [-0.4, -0.2) is 35.2 Å². The Bertz CT molecular complexity index is 156. The van der Waals surface area contributed by atoms with Gasteiger partial charge in [-0.2, -0.15) is 0 Å². The fourth-order valence-corrected chi connectivity index (χ4v) is 1.65. The molecule has 2 heteroatoms. The molecule has 1 fully saturated rings. The molecular weight excluding hydrogens is 150 g/mol. The van der Waals surface area contributed by atoms with Gasteiger partial charge in [0, 0.05) is 19.1 Å². The highest BCUT2D eigenvalue weighted by atomic mass is 16.3. The minimum absolute atomic E-state index is 0.105. The van der Waals surface area contributed by atoms with Gasteiger partial charge < -0.3 is 5.11 Å². The van der Waals surface area contributed by atoms with Gasteiger partial charge >= 0.3 is 0 Å². The van der Waals surface area contributed by atoms with Crippen molar-refractivity contribution < 1.29 is 5.11 Å². The van der Waals surface area contributed by atoms with Crippen LogP contribution in [0.15, 0.2) is 12.2 Å². The van der Waals surface area contributed by atoms with E-state index in [1.807, 2.05) is 6.92 Å². The molecule has 0 aromatic carbocycles. The molecule has 2 atom stereocenters. The summed E-state index contributed by atoms with van der Waals surface area (Å²) in [6, 6.07) is 0.629. The minimum Gasteiger partial charge on any atom is -0.392 e. The maximum atomic E-state index is 9.43. The molecule has 0 amide bonds. The Hall–Kier alpha value is -0.340. The molecule has 1 N–H and O–H groups in total. The van der Waals surface area contributed by atoms with Crippen molar-refractivity contribution >= 4 is 0 Å². The van der Waals surface area contributed by atoms with Gasteiger partial charge in [-0.05, 0) is 26.7 Å². The average molecular weight is 169 g/mol. The molecule has 1 saturated heterocycles. The first-order chi connectivity index (χ1) is 5.74. The Morgan fingerprint density at radius 3 is 2.92 bits per heavy atom. The normalized spacial score (nSPS) is 32.9. The Balaban J connectivity index is 2.38. The number of aliphatic hydroxyl groups excluding tert-OH is 1. The van der Waals surface area contributed by atoms with Crippen LogP contribution in [0.25, 0.3) is 0 Å². The lowest BCUT2D eigenvalue weighted by atomic mass is 10.0. The maximum Gasteiger partial charge on any atom is 0.0667 e. The number of hydrogen-bond donors (Lipinski definition) is 1. The fraction of sp³-hybridized carbons (Fsp3) is 0.800. The molecule has 1 rings (SSSR count). The van der Waals surface area contributed by atoms with Crippen molar-refractivity contribution in [1.29, 1.82) is 0 Å². The number of rotatable bonds is 2. The topological polar surface area (TPSA) is 23.5 Å². The third-order valence-electron chi connectivity index (χ3n) is 2.56. The summed E-state index contributed by atoms with van der Waals surface area (Å²) in [6.07, 6.45) is 6.19. The largest absolute Gasteiger partial charge is 0.392 e. The molecule has 0 aliphatic carbocycles. The Morgan fingerprint density at radius 1 is 1.50 bits per heavy atom. The third-order valence-corrected chi connectivity index (χ3v) is 2.56. The zero-order chi connectivity index (χ0) is 8.97. The molecule has 0 aromatic rings. The highest BCUT2D eigenvalue weighted by molar-refractivity contribution is 4.86. The van der Waals surface area contributed by atoms with Gasteiger partial charge in [0.05, 0.1) is 6.10 Å². The van der Waals surface area contributed by atoms with Crippen molar-refractivity contribution in [2.24, 2.45) is 0 Å².